The van der Waals surface area contributed by atoms with Crippen molar-refractivity contribution in [3.8, 4) is 0 Å². The number of hydrogen-bond donors (Lipinski definition) is 3. The van der Waals surface area contributed by atoms with Crippen LogP contribution in [0.5, 0.6) is 0 Å². The summed E-state index contributed by atoms with van der Waals surface area (Å²) in [4.78, 5) is 24.0. The third-order valence-electron chi connectivity index (χ3n) is 3.01. The van der Waals surface area contributed by atoms with Crippen LogP contribution in [-0.4, -0.2) is 56.6 Å². The lowest BCUT2D eigenvalue weighted by molar-refractivity contribution is -0.137. The van der Waals surface area contributed by atoms with Crippen molar-refractivity contribution in [2.75, 3.05) is 25.0 Å². The molecule has 0 aliphatic carbocycles. The highest BCUT2D eigenvalue weighted by molar-refractivity contribution is 5.89. The van der Waals surface area contributed by atoms with Crippen molar-refractivity contribution >= 4 is 17.7 Å². The van der Waals surface area contributed by atoms with Gasteiger partial charge in [-0.1, -0.05) is 0 Å². The number of carboxylic acids is 1. The maximum Gasteiger partial charge on any atom is 0.325 e. The number of carboxylic acid groups (broad SMARTS) is 1. The molecule has 8 nitrogen and oxygen atoms in total. The quantitative estimate of drug-likeness (QED) is 0.701. The fourth-order valence-electron chi connectivity index (χ4n) is 2.02. The number of nitrogens with zero attached hydrogens (tertiary/aromatic N) is 3. The van der Waals surface area contributed by atoms with Gasteiger partial charge in [0.2, 0.25) is 0 Å². The molecule has 1 aromatic heterocycles. The van der Waals surface area contributed by atoms with Crippen molar-refractivity contribution in [3.63, 3.8) is 0 Å². The molecule has 2 heterocycles. The molecule has 3 N–H and O–H groups in total. The lowest BCUT2D eigenvalue weighted by atomic mass is 10.1. The normalized spacial score (nSPS) is 18.6. The Morgan fingerprint density at radius 3 is 2.95 bits per heavy atom. The Kier molecular flexibility index (Phi) is 4.00. The number of carbonyl (C=O) groups excluding carboxylic acids is 1. The average molecular weight is 268 g/mol. The van der Waals surface area contributed by atoms with Crippen molar-refractivity contribution in [3.05, 3.63) is 12.4 Å². The van der Waals surface area contributed by atoms with Crippen LogP contribution >= 0.6 is 0 Å². The maximum absolute atomic E-state index is 11.9. The predicted octanol–water partition coefficient (Wildman–Crippen LogP) is -0.186. The molecule has 1 saturated heterocycles. The van der Waals surface area contributed by atoms with E-state index in [0.29, 0.717) is 18.8 Å². The van der Waals surface area contributed by atoms with Crippen molar-refractivity contribution in [1.29, 1.82) is 0 Å². The van der Waals surface area contributed by atoms with Gasteiger partial charge in [-0.15, -0.1) is 0 Å². The van der Waals surface area contributed by atoms with Gasteiger partial charge in [-0.05, 0) is 6.42 Å². The minimum absolute atomic E-state index is 0.0837. The van der Waals surface area contributed by atoms with Gasteiger partial charge in [-0.2, -0.15) is 5.10 Å². The number of rotatable bonds is 4. The number of urea groups is 1. The number of nitrogens with one attached hydrogen (secondary N) is 1. The molecule has 2 rings (SSSR count). The Bertz CT molecular complexity index is 473. The molecule has 0 aromatic carbocycles. The Morgan fingerprint density at radius 1 is 1.53 bits per heavy atom. The monoisotopic (exact) mass is 268 g/mol. The van der Waals surface area contributed by atoms with E-state index in [-0.39, 0.29) is 25.1 Å². The summed E-state index contributed by atoms with van der Waals surface area (Å²) in [5, 5.41) is 24.1. The second-order valence-electron chi connectivity index (χ2n) is 4.53. The number of aliphatic hydroxyl groups is 1. The molecule has 2 amide bonds. The van der Waals surface area contributed by atoms with Crippen molar-refractivity contribution < 1.29 is 19.8 Å². The van der Waals surface area contributed by atoms with E-state index in [1.165, 1.54) is 17.1 Å². The standard InChI is InChI=1S/C11H16N4O4/c16-7-8-1-2-14(4-8)11(19)13-9-3-12-15(5-9)6-10(17)18/h3,5,8,16H,1-2,4,6-7H2,(H,13,19)(H,17,18). The minimum Gasteiger partial charge on any atom is -0.480 e. The first-order chi connectivity index (χ1) is 9.08. The topological polar surface area (TPSA) is 108 Å². The number of hydrogen-bond acceptors (Lipinski definition) is 4. The average Bonchev–Trinajstić information content (AvgIpc) is 2.97. The largest absolute Gasteiger partial charge is 0.480 e. The van der Waals surface area contributed by atoms with E-state index >= 15 is 0 Å². The SMILES string of the molecule is O=C(O)Cn1cc(NC(=O)N2CCC(CO)C2)cn1. The maximum atomic E-state index is 11.9. The fraction of sp³-hybridized carbons (Fsp3) is 0.545. The van der Waals surface area contributed by atoms with Gasteiger partial charge in [-0.25, -0.2) is 4.79 Å². The molecule has 0 spiro atoms. The van der Waals surface area contributed by atoms with Gasteiger partial charge in [-0.3, -0.25) is 9.48 Å². The Balaban J connectivity index is 1.88. The van der Waals surface area contributed by atoms with Crippen molar-refractivity contribution in [2.24, 2.45) is 5.92 Å². The number of aromatic nitrogens is 2. The Hall–Kier alpha value is -2.09. The minimum atomic E-state index is -0.994. The van der Waals surface area contributed by atoms with E-state index < -0.39 is 5.97 Å². The summed E-state index contributed by atoms with van der Waals surface area (Å²) in [6, 6.07) is -0.258. The highest BCUT2D eigenvalue weighted by Crippen LogP contribution is 2.16. The van der Waals surface area contributed by atoms with Crippen LogP contribution in [0, 0.1) is 5.92 Å². The molecule has 1 fully saturated rings. The molecule has 1 atom stereocenters. The Morgan fingerprint density at radius 2 is 2.32 bits per heavy atom. The molecule has 0 saturated carbocycles. The lowest BCUT2D eigenvalue weighted by Gasteiger charge is -2.16. The van der Waals surface area contributed by atoms with Crippen LogP contribution in [-0.2, 0) is 11.3 Å². The summed E-state index contributed by atoms with van der Waals surface area (Å²) in [5.41, 5.74) is 0.457. The van der Waals surface area contributed by atoms with E-state index in [4.69, 9.17) is 10.2 Å². The van der Waals surface area contributed by atoms with E-state index in [1.54, 1.807) is 4.90 Å². The molecule has 8 heteroatoms. The Labute approximate surface area is 109 Å². The second-order valence-corrected chi connectivity index (χ2v) is 4.53. The van der Waals surface area contributed by atoms with Gasteiger partial charge in [0.15, 0.2) is 0 Å². The van der Waals surface area contributed by atoms with Crippen molar-refractivity contribution in [1.82, 2.24) is 14.7 Å². The molecular weight excluding hydrogens is 252 g/mol. The van der Waals surface area contributed by atoms with Gasteiger partial charge < -0.3 is 20.4 Å². The summed E-state index contributed by atoms with van der Waals surface area (Å²) in [5.74, 6) is -0.855. The fourth-order valence-corrected chi connectivity index (χ4v) is 2.02. The van der Waals surface area contributed by atoms with E-state index in [2.05, 4.69) is 10.4 Å². The first-order valence-corrected chi connectivity index (χ1v) is 5.99. The smallest absolute Gasteiger partial charge is 0.325 e. The predicted molar refractivity (Wildman–Crippen MR) is 65.6 cm³/mol. The molecular formula is C11H16N4O4. The summed E-state index contributed by atoms with van der Waals surface area (Å²) in [7, 11) is 0. The van der Waals surface area contributed by atoms with Gasteiger partial charge in [0.1, 0.15) is 6.54 Å². The van der Waals surface area contributed by atoms with Crippen LogP contribution in [0.1, 0.15) is 6.42 Å². The molecule has 0 bridgehead atoms. The van der Waals surface area contributed by atoms with Crippen LogP contribution in [0.15, 0.2) is 12.4 Å². The third kappa shape index (κ3) is 3.44. The third-order valence-corrected chi connectivity index (χ3v) is 3.01. The van der Waals surface area contributed by atoms with Gasteiger partial charge in [0.05, 0.1) is 11.9 Å². The van der Waals surface area contributed by atoms with Crippen LogP contribution in [0.2, 0.25) is 0 Å². The molecule has 1 aromatic rings. The second kappa shape index (κ2) is 5.70. The van der Waals surface area contributed by atoms with Crippen LogP contribution in [0.4, 0.5) is 10.5 Å². The van der Waals surface area contributed by atoms with Crippen LogP contribution in [0.25, 0.3) is 0 Å². The number of aliphatic carboxylic acids is 1. The first kappa shape index (κ1) is 13.3. The zero-order valence-corrected chi connectivity index (χ0v) is 10.3. The van der Waals surface area contributed by atoms with Crippen LogP contribution < -0.4 is 5.32 Å². The summed E-state index contributed by atoms with van der Waals surface area (Å²) in [6.45, 7) is 0.985. The lowest BCUT2D eigenvalue weighted by Crippen LogP contribution is -2.33. The summed E-state index contributed by atoms with van der Waals surface area (Å²) in [6.07, 6.45) is 3.66. The van der Waals surface area contributed by atoms with Crippen LogP contribution in [0.3, 0.4) is 0 Å². The zero-order valence-electron chi connectivity index (χ0n) is 10.3. The van der Waals surface area contributed by atoms with Crippen molar-refractivity contribution in [2.45, 2.75) is 13.0 Å². The molecule has 19 heavy (non-hydrogen) atoms. The highest BCUT2D eigenvalue weighted by atomic mass is 16.4. The molecule has 0 radical (unpaired) electrons. The number of anilines is 1. The number of amides is 2. The number of likely N-dealkylation sites (tertiary alicyclic amines) is 1. The van der Waals surface area contributed by atoms with E-state index in [1.807, 2.05) is 0 Å². The molecule has 104 valence electrons. The number of carbonyl (C=O) groups is 2. The zero-order chi connectivity index (χ0) is 13.8. The van der Waals surface area contributed by atoms with E-state index in [0.717, 1.165) is 6.42 Å². The summed E-state index contributed by atoms with van der Waals surface area (Å²) < 4.78 is 1.23. The first-order valence-electron chi connectivity index (χ1n) is 5.99. The van der Waals surface area contributed by atoms with Gasteiger partial charge in [0.25, 0.3) is 0 Å². The molecule has 1 aliphatic rings. The molecule has 1 unspecified atom stereocenters. The summed E-state index contributed by atoms with van der Waals surface area (Å²) >= 11 is 0. The highest BCUT2D eigenvalue weighted by Gasteiger charge is 2.25. The van der Waals surface area contributed by atoms with Gasteiger partial charge in [0, 0.05) is 31.8 Å². The van der Waals surface area contributed by atoms with E-state index in [9.17, 15) is 9.59 Å². The molecule has 1 aliphatic heterocycles. The van der Waals surface area contributed by atoms with Gasteiger partial charge >= 0.3 is 12.0 Å². The number of aliphatic hydroxyl groups excluding tert-OH is 1.